The molecule has 0 amide bonds. The molecule has 5 heteroatoms. The van der Waals surface area contributed by atoms with E-state index in [1.807, 2.05) is 30.2 Å². The first-order valence-corrected chi connectivity index (χ1v) is 9.96. The maximum absolute atomic E-state index is 6.15. The van der Waals surface area contributed by atoms with Crippen molar-refractivity contribution in [3.63, 3.8) is 0 Å². The smallest absolute Gasteiger partial charge is 0.223 e. The topological polar surface area (TPSA) is 35.0 Å². The zero-order valence-corrected chi connectivity index (χ0v) is 15.0. The summed E-state index contributed by atoms with van der Waals surface area (Å²) in [7, 11) is 0. The summed E-state index contributed by atoms with van der Waals surface area (Å²) < 4.78 is 6.14. The predicted octanol–water partition coefficient (Wildman–Crippen LogP) is 5.07. The van der Waals surface area contributed by atoms with Gasteiger partial charge in [-0.2, -0.15) is 11.8 Å². The highest BCUT2D eigenvalue weighted by Gasteiger charge is 2.32. The van der Waals surface area contributed by atoms with Crippen LogP contribution < -0.4 is 4.74 Å². The predicted molar refractivity (Wildman–Crippen MR) is 96.6 cm³/mol. The molecule has 0 N–H and O–H groups in total. The lowest BCUT2D eigenvalue weighted by molar-refractivity contribution is 0.122. The van der Waals surface area contributed by atoms with E-state index in [-0.39, 0.29) is 6.10 Å². The minimum Gasteiger partial charge on any atom is -0.474 e. The highest BCUT2D eigenvalue weighted by Crippen LogP contribution is 2.45. The highest BCUT2D eigenvalue weighted by atomic mass is 35.5. The van der Waals surface area contributed by atoms with Gasteiger partial charge in [-0.3, -0.25) is 0 Å². The van der Waals surface area contributed by atoms with Gasteiger partial charge in [-0.25, -0.2) is 9.97 Å². The second kappa shape index (κ2) is 6.14. The zero-order valence-electron chi connectivity index (χ0n) is 13.5. The number of rotatable bonds is 5. The molecule has 2 aliphatic rings. The van der Waals surface area contributed by atoms with Gasteiger partial charge in [0.15, 0.2) is 0 Å². The number of nitrogens with zero attached hydrogens (tertiary/aromatic N) is 2. The molecule has 0 saturated heterocycles. The lowest BCUT2D eigenvalue weighted by Gasteiger charge is -2.34. The number of ether oxygens (including phenoxy) is 1. The van der Waals surface area contributed by atoms with E-state index in [0.717, 1.165) is 34.8 Å². The van der Waals surface area contributed by atoms with Gasteiger partial charge in [0.05, 0.1) is 5.39 Å². The van der Waals surface area contributed by atoms with Crippen molar-refractivity contribution in [3.8, 4) is 5.88 Å². The molecule has 0 bridgehead atoms. The van der Waals surface area contributed by atoms with Crippen molar-refractivity contribution in [2.24, 2.45) is 5.92 Å². The summed E-state index contributed by atoms with van der Waals surface area (Å²) in [6, 6.07) is 1.96. The largest absolute Gasteiger partial charge is 0.474 e. The second-order valence-electron chi connectivity index (χ2n) is 6.77. The van der Waals surface area contributed by atoms with Gasteiger partial charge >= 0.3 is 0 Å². The standard InChI is InChI=1S/C18H21ClN2OS/c1-10(11-3-4-11)15-8-21-18(22-12-5-13(6-12)23-2)16-9-20-17(19)7-14(15)16/h7-13H,3-6H2,1-2H3. The highest BCUT2D eigenvalue weighted by molar-refractivity contribution is 7.99. The first-order chi connectivity index (χ1) is 11.2. The number of halogens is 1. The molecule has 2 fully saturated rings. The van der Waals surface area contributed by atoms with Crippen LogP contribution in [0, 0.1) is 5.92 Å². The zero-order chi connectivity index (χ0) is 16.0. The Balaban J connectivity index is 1.68. The third-order valence-corrected chi connectivity index (χ3v) is 6.47. The van der Waals surface area contributed by atoms with Gasteiger partial charge in [-0.05, 0) is 60.8 Å². The van der Waals surface area contributed by atoms with Gasteiger partial charge in [0.25, 0.3) is 0 Å². The van der Waals surface area contributed by atoms with Crippen LogP contribution in [-0.2, 0) is 0 Å². The summed E-state index contributed by atoms with van der Waals surface area (Å²) in [5.74, 6) is 2.01. The lowest BCUT2D eigenvalue weighted by atomic mass is 9.93. The van der Waals surface area contributed by atoms with E-state index in [0.29, 0.717) is 17.0 Å². The van der Waals surface area contributed by atoms with Crippen molar-refractivity contribution in [3.05, 3.63) is 29.2 Å². The molecule has 2 saturated carbocycles. The minimum atomic E-state index is 0.283. The Labute approximate surface area is 146 Å². The summed E-state index contributed by atoms with van der Waals surface area (Å²) in [5.41, 5.74) is 1.27. The monoisotopic (exact) mass is 348 g/mol. The fourth-order valence-corrected chi connectivity index (χ4v) is 4.35. The van der Waals surface area contributed by atoms with Gasteiger partial charge in [-0.15, -0.1) is 0 Å². The molecular formula is C18H21ClN2OS. The molecule has 1 unspecified atom stereocenters. The fourth-order valence-electron chi connectivity index (χ4n) is 3.38. The molecule has 4 rings (SSSR count). The lowest BCUT2D eigenvalue weighted by Crippen LogP contribution is -2.35. The van der Waals surface area contributed by atoms with E-state index >= 15 is 0 Å². The van der Waals surface area contributed by atoms with Crippen LogP contribution in [-0.4, -0.2) is 27.6 Å². The number of aromatic nitrogens is 2. The van der Waals surface area contributed by atoms with E-state index < -0.39 is 0 Å². The van der Waals surface area contributed by atoms with Gasteiger partial charge < -0.3 is 4.74 Å². The first kappa shape index (κ1) is 15.5. The van der Waals surface area contributed by atoms with Crippen LogP contribution in [0.25, 0.3) is 10.8 Å². The van der Waals surface area contributed by atoms with Crippen LogP contribution in [0.2, 0.25) is 5.15 Å². The quantitative estimate of drug-likeness (QED) is 0.706. The molecule has 3 nitrogen and oxygen atoms in total. The molecule has 0 aliphatic heterocycles. The van der Waals surface area contributed by atoms with Crippen LogP contribution >= 0.6 is 23.4 Å². The van der Waals surface area contributed by atoms with Crippen molar-refractivity contribution < 1.29 is 4.74 Å². The SMILES string of the molecule is CSC1CC(Oc2ncc(C(C)C3CC3)c3cc(Cl)ncc23)C1. The van der Waals surface area contributed by atoms with Gasteiger partial charge in [-0.1, -0.05) is 18.5 Å². The Hall–Kier alpha value is -1.00. The molecule has 23 heavy (non-hydrogen) atoms. The maximum atomic E-state index is 6.15. The molecule has 0 aromatic carbocycles. The van der Waals surface area contributed by atoms with E-state index in [2.05, 4.69) is 23.1 Å². The Kier molecular flexibility index (Phi) is 4.14. The summed E-state index contributed by atoms with van der Waals surface area (Å²) in [4.78, 5) is 8.88. The summed E-state index contributed by atoms with van der Waals surface area (Å²) >= 11 is 8.07. The van der Waals surface area contributed by atoms with Crippen LogP contribution in [0.5, 0.6) is 5.88 Å². The molecular weight excluding hydrogens is 328 g/mol. The van der Waals surface area contributed by atoms with E-state index in [4.69, 9.17) is 16.3 Å². The maximum Gasteiger partial charge on any atom is 0.223 e. The number of pyridine rings is 2. The number of hydrogen-bond donors (Lipinski definition) is 0. The minimum absolute atomic E-state index is 0.283. The number of hydrogen-bond acceptors (Lipinski definition) is 4. The van der Waals surface area contributed by atoms with Crippen molar-refractivity contribution >= 4 is 34.1 Å². The summed E-state index contributed by atoms with van der Waals surface area (Å²) in [6.45, 7) is 2.29. The van der Waals surface area contributed by atoms with Crippen LogP contribution in [0.4, 0.5) is 0 Å². The number of fused-ring (bicyclic) bond motifs is 1. The second-order valence-corrected chi connectivity index (χ2v) is 8.29. The van der Waals surface area contributed by atoms with Crippen molar-refractivity contribution in [1.29, 1.82) is 0 Å². The fraction of sp³-hybridized carbons (Fsp3) is 0.556. The average molecular weight is 349 g/mol. The average Bonchev–Trinajstić information content (AvgIpc) is 3.34. The molecule has 2 heterocycles. The molecule has 122 valence electrons. The van der Waals surface area contributed by atoms with Gasteiger partial charge in [0.1, 0.15) is 11.3 Å². The Bertz CT molecular complexity index is 728. The Morgan fingerprint density at radius 2 is 2.00 bits per heavy atom. The molecule has 2 aromatic rings. The molecule has 1 atom stereocenters. The van der Waals surface area contributed by atoms with Gasteiger partial charge in [0.2, 0.25) is 5.88 Å². The molecule has 0 spiro atoms. The number of thioether (sulfide) groups is 1. The normalized spacial score (nSPS) is 25.2. The first-order valence-electron chi connectivity index (χ1n) is 8.29. The molecule has 2 aromatic heterocycles. The third kappa shape index (κ3) is 3.03. The van der Waals surface area contributed by atoms with Crippen molar-refractivity contribution in [1.82, 2.24) is 9.97 Å². The summed E-state index contributed by atoms with van der Waals surface area (Å²) in [5, 5.41) is 3.40. The Morgan fingerprint density at radius 1 is 1.22 bits per heavy atom. The summed E-state index contributed by atoms with van der Waals surface area (Å²) in [6.07, 6.45) is 11.1. The van der Waals surface area contributed by atoms with E-state index in [1.165, 1.54) is 18.4 Å². The molecule has 0 radical (unpaired) electrons. The van der Waals surface area contributed by atoms with Gasteiger partial charge in [0, 0.05) is 17.6 Å². The van der Waals surface area contributed by atoms with Crippen LogP contribution in [0.15, 0.2) is 18.5 Å². The third-order valence-electron chi connectivity index (χ3n) is 5.22. The van der Waals surface area contributed by atoms with E-state index in [9.17, 15) is 0 Å². The van der Waals surface area contributed by atoms with Crippen molar-refractivity contribution in [2.45, 2.75) is 49.9 Å². The van der Waals surface area contributed by atoms with Crippen molar-refractivity contribution in [2.75, 3.05) is 6.26 Å². The van der Waals surface area contributed by atoms with E-state index in [1.54, 1.807) is 0 Å². The Morgan fingerprint density at radius 3 is 2.70 bits per heavy atom. The van der Waals surface area contributed by atoms with Crippen LogP contribution in [0.3, 0.4) is 0 Å². The van der Waals surface area contributed by atoms with Crippen LogP contribution in [0.1, 0.15) is 44.1 Å². The molecule has 2 aliphatic carbocycles.